The standard InChI is InChI=1S/C48H100O4P2S4.C24H51O2PS2.K.H2O/c1-5-9-13-17-21-25-29-33-37-41-45-49-53(55,50-46-42-38-34-30-26-22-18-14-10-6-2)57-58-54(56,51-47-43-39-35-31-27-23-19-15-11-7-3)52-48-44-40-36-32-28-24-20-16-12-8-4;1-3-5-7-9-11-13-15-17-19-21-23-25-27(28,29)26-24-22-20-18-16-14-12-10-8-6-4-2;;/h5-48H2,1-4H3;3-24H2,1-2H3,(H,28,29);;1H2/q;;+1;/p-1. The zero-order valence-electron chi connectivity index (χ0n) is 60.4. The van der Waals surface area contributed by atoms with Crippen LogP contribution in [-0.4, -0.2) is 45.1 Å². The molecule has 17 heteroatoms. The molecule has 0 saturated carbocycles. The third-order valence-electron chi connectivity index (χ3n) is 16.7. The van der Waals surface area contributed by atoms with Gasteiger partial charge in [0, 0.05) is 20.8 Å². The molecule has 0 rings (SSSR count). The van der Waals surface area contributed by atoms with Gasteiger partial charge >= 0.3 is 51.4 Å². The van der Waals surface area contributed by atoms with Gasteiger partial charge in [0.15, 0.2) is 0 Å². The molecule has 0 aromatic heterocycles. The van der Waals surface area contributed by atoms with E-state index < -0.39 is 17.1 Å². The number of unbranched alkanes of at least 4 members (excludes halogenated alkanes) is 54. The molecule has 0 bridgehead atoms. The Hall–Kier alpha value is 4.36. The predicted octanol–water partition coefficient (Wildman–Crippen LogP) is 26.4. The molecule has 89 heavy (non-hydrogen) atoms. The van der Waals surface area contributed by atoms with Gasteiger partial charge in [0.05, 0.1) is 45.3 Å². The van der Waals surface area contributed by atoms with Crippen molar-refractivity contribution in [1.29, 1.82) is 0 Å². The van der Waals surface area contributed by atoms with Crippen LogP contribution in [0.2, 0.25) is 0 Å². The van der Waals surface area contributed by atoms with E-state index in [1.807, 2.05) is 0 Å². The van der Waals surface area contributed by atoms with Crippen molar-refractivity contribution in [3.8, 4) is 0 Å². The maximum Gasteiger partial charge on any atom is 1.00 e. The van der Waals surface area contributed by atoms with Crippen LogP contribution < -0.4 is 51.4 Å². The third kappa shape index (κ3) is 82.9. The second-order valence-electron chi connectivity index (χ2n) is 25.6. The van der Waals surface area contributed by atoms with Gasteiger partial charge in [-0.3, -0.25) is 0 Å². The molecular weight excluding hydrogens is 1300 g/mol. The first-order chi connectivity index (χ1) is 42.6. The number of hydrogen-bond donors (Lipinski definition) is 0. The second kappa shape index (κ2) is 83.0. The Bertz CT molecular complexity index is 1310. The monoisotopic (exact) mass is 1450 g/mol. The zero-order valence-corrected chi connectivity index (χ0v) is 71.1. The van der Waals surface area contributed by atoms with Gasteiger partial charge in [0.1, 0.15) is 0 Å². The Morgan fingerprint density at radius 2 is 0.326 bits per heavy atom. The fourth-order valence-corrected chi connectivity index (χ4v) is 29.1. The quantitative estimate of drug-likeness (QED) is 0.0191. The molecule has 534 valence electrons. The Kier molecular flexibility index (Phi) is 93.0. The Morgan fingerprint density at radius 3 is 0.461 bits per heavy atom. The van der Waals surface area contributed by atoms with Gasteiger partial charge in [-0.05, 0) is 62.1 Å². The van der Waals surface area contributed by atoms with E-state index in [9.17, 15) is 0 Å². The predicted molar refractivity (Wildman–Crippen MR) is 416 cm³/mol. The SMILES string of the molecule is CCCCCCCCCCCCOP(=S)(OCCCCCCCCCCCC)SSP(=S)(OCCCCCCCCCCCC)OCCCCCCCCCCCC.CCCCCCCCCCCCOP(=S)([S-])OCCCCCCCCCCCC.O.[K+]. The van der Waals surface area contributed by atoms with Crippen LogP contribution in [0, 0.1) is 0 Å². The number of hydrogen-bond acceptors (Lipinski definition) is 12. The molecule has 2 N–H and O–H groups in total. The summed E-state index contributed by atoms with van der Waals surface area (Å²) in [5.41, 5.74) is -7.61. The van der Waals surface area contributed by atoms with Gasteiger partial charge < -0.3 is 44.9 Å². The van der Waals surface area contributed by atoms with Gasteiger partial charge in [-0.15, -0.1) is 0 Å². The first-order valence-corrected chi connectivity index (χ1v) is 50.6. The van der Waals surface area contributed by atoms with E-state index in [0.717, 1.165) is 38.5 Å². The van der Waals surface area contributed by atoms with Crippen LogP contribution in [0.1, 0.15) is 427 Å². The summed E-state index contributed by atoms with van der Waals surface area (Å²) < 4.78 is 37.5. The van der Waals surface area contributed by atoms with Crippen molar-refractivity contribution < 1.29 is 84.0 Å². The van der Waals surface area contributed by atoms with E-state index >= 15 is 0 Å². The van der Waals surface area contributed by atoms with Crippen LogP contribution in [0.15, 0.2) is 0 Å². The van der Waals surface area contributed by atoms with Crippen LogP contribution in [0.5, 0.6) is 0 Å². The molecule has 0 aromatic rings. The van der Waals surface area contributed by atoms with Crippen molar-refractivity contribution in [1.82, 2.24) is 0 Å². The molecule has 0 aliphatic carbocycles. The average Bonchev–Trinajstić information content (AvgIpc) is 3.72. The van der Waals surface area contributed by atoms with Crippen molar-refractivity contribution in [2.24, 2.45) is 0 Å². The summed E-state index contributed by atoms with van der Waals surface area (Å²) in [6, 6.07) is 0. The summed E-state index contributed by atoms with van der Waals surface area (Å²) in [6.07, 6.45) is 78.8. The van der Waals surface area contributed by atoms with E-state index in [2.05, 4.69) is 41.5 Å². The molecule has 0 aromatic carbocycles. The van der Waals surface area contributed by atoms with Crippen LogP contribution in [0.25, 0.3) is 0 Å². The fourth-order valence-electron chi connectivity index (χ4n) is 10.9. The molecule has 0 spiro atoms. The van der Waals surface area contributed by atoms with E-state index in [-0.39, 0.29) is 56.9 Å². The van der Waals surface area contributed by atoms with Crippen LogP contribution in [-0.2, 0) is 74.8 Å². The Balaban J connectivity index is -0.000000980. The van der Waals surface area contributed by atoms with Gasteiger partial charge in [-0.2, -0.15) is 0 Å². The maximum atomic E-state index is 6.52. The minimum Gasteiger partial charge on any atom is -0.691 e. The molecular formula is C72H152KO7P3S6. The maximum absolute atomic E-state index is 6.52. The van der Waals surface area contributed by atoms with E-state index in [1.54, 1.807) is 20.8 Å². The topological polar surface area (TPSA) is 86.9 Å². The molecule has 7 nitrogen and oxygen atoms in total. The van der Waals surface area contributed by atoms with Gasteiger partial charge in [0.2, 0.25) is 0 Å². The van der Waals surface area contributed by atoms with Gasteiger partial charge in [-0.25, -0.2) is 0 Å². The molecule has 0 atom stereocenters. The molecule has 0 amide bonds. The normalized spacial score (nSPS) is 11.9. The van der Waals surface area contributed by atoms with Crippen molar-refractivity contribution in [3.63, 3.8) is 0 Å². The fraction of sp³-hybridized carbons (Fsp3) is 1.00. The molecule has 0 unspecified atom stereocenters. The van der Waals surface area contributed by atoms with E-state index in [1.165, 1.54) is 347 Å². The summed E-state index contributed by atoms with van der Waals surface area (Å²) in [5.74, 6) is 0. The molecule has 0 heterocycles. The van der Waals surface area contributed by atoms with E-state index in [4.69, 9.17) is 74.8 Å². The molecule has 0 radical (unpaired) electrons. The summed E-state index contributed by atoms with van der Waals surface area (Å²) in [7, 11) is 3.11. The summed E-state index contributed by atoms with van der Waals surface area (Å²) in [5, 5.41) is 0. The van der Waals surface area contributed by atoms with Crippen LogP contribution in [0.4, 0.5) is 0 Å². The smallest absolute Gasteiger partial charge is 0.691 e. The Labute approximate surface area is 629 Å². The summed E-state index contributed by atoms with van der Waals surface area (Å²) >= 11 is 23.2. The first kappa shape index (κ1) is 99.7. The van der Waals surface area contributed by atoms with Crippen molar-refractivity contribution >= 4 is 85.6 Å². The van der Waals surface area contributed by atoms with Crippen LogP contribution >= 0.6 is 37.9 Å². The Morgan fingerprint density at radius 1 is 0.213 bits per heavy atom. The molecule has 0 fully saturated rings. The van der Waals surface area contributed by atoms with Crippen LogP contribution in [0.3, 0.4) is 0 Å². The number of rotatable bonds is 75. The van der Waals surface area contributed by atoms with Crippen molar-refractivity contribution in [3.05, 3.63) is 0 Å². The van der Waals surface area contributed by atoms with Crippen molar-refractivity contribution in [2.75, 3.05) is 39.6 Å². The minimum atomic E-state index is -2.59. The van der Waals surface area contributed by atoms with Gasteiger partial charge in [0.25, 0.3) is 11.4 Å². The molecule has 0 aliphatic heterocycles. The van der Waals surface area contributed by atoms with E-state index in [0.29, 0.717) is 39.6 Å². The zero-order chi connectivity index (χ0) is 63.8. The first-order valence-electron chi connectivity index (χ1n) is 38.3. The van der Waals surface area contributed by atoms with Crippen molar-refractivity contribution in [2.45, 2.75) is 427 Å². The summed E-state index contributed by atoms with van der Waals surface area (Å²) in [6.45, 7) is 17.7. The molecule has 0 aliphatic rings. The molecule has 0 saturated heterocycles. The second-order valence-corrected chi connectivity index (χ2v) is 44.4. The van der Waals surface area contributed by atoms with Gasteiger partial charge in [-0.1, -0.05) is 400 Å². The largest absolute Gasteiger partial charge is 1.00 e. The summed E-state index contributed by atoms with van der Waals surface area (Å²) in [4.78, 5) is 0. The third-order valence-corrected chi connectivity index (χ3v) is 34.2. The average molecular weight is 1450 g/mol. The minimum absolute atomic E-state index is 0.